The predicted octanol–water partition coefficient (Wildman–Crippen LogP) is 3.85. The van der Waals surface area contributed by atoms with Crippen LogP contribution in [0.15, 0.2) is 30.3 Å². The molecule has 1 aliphatic rings. The van der Waals surface area contributed by atoms with Crippen LogP contribution in [0.3, 0.4) is 0 Å². The van der Waals surface area contributed by atoms with Gasteiger partial charge in [-0.2, -0.15) is 0 Å². The zero-order chi connectivity index (χ0) is 14.1. The van der Waals surface area contributed by atoms with Crippen LogP contribution in [0.25, 0.3) is 5.70 Å². The van der Waals surface area contributed by atoms with Crippen LogP contribution >= 0.6 is 0 Å². The number of benzene rings is 1. The number of rotatable bonds is 3. The highest BCUT2D eigenvalue weighted by atomic mass is 15.4. The van der Waals surface area contributed by atoms with Gasteiger partial charge in [0.15, 0.2) is 0 Å². The molecule has 1 aromatic rings. The lowest BCUT2D eigenvalue weighted by Gasteiger charge is -2.33. The number of hydrogen-bond donors (Lipinski definition) is 2. The molecule has 2 rings (SSSR count). The monoisotopic (exact) mass is 258 g/mol. The average Bonchev–Trinajstić information content (AvgIpc) is 2.79. The number of hydrogen-bond acceptors (Lipinski definition) is 2. The number of hydrazine groups is 1. The van der Waals surface area contributed by atoms with E-state index in [0.717, 1.165) is 6.54 Å². The van der Waals surface area contributed by atoms with Crippen LogP contribution in [0, 0.1) is 5.41 Å². The van der Waals surface area contributed by atoms with E-state index in [1.54, 1.807) is 0 Å². The minimum atomic E-state index is 0.215. The van der Waals surface area contributed by atoms with Crippen LogP contribution in [0.1, 0.15) is 52.2 Å². The van der Waals surface area contributed by atoms with E-state index in [9.17, 15) is 0 Å². The molecule has 0 fully saturated rings. The van der Waals surface area contributed by atoms with Gasteiger partial charge in [-0.25, -0.2) is 5.43 Å². The maximum Gasteiger partial charge on any atom is 0.0533 e. The van der Waals surface area contributed by atoms with Gasteiger partial charge >= 0.3 is 0 Å². The van der Waals surface area contributed by atoms with Gasteiger partial charge in [0.05, 0.1) is 5.70 Å². The third kappa shape index (κ3) is 3.60. The third-order valence-corrected chi connectivity index (χ3v) is 3.58. The van der Waals surface area contributed by atoms with E-state index in [0.29, 0.717) is 5.41 Å². The Hall–Kier alpha value is -1.28. The number of nitrogens with one attached hydrogen (secondary N) is 2. The summed E-state index contributed by atoms with van der Waals surface area (Å²) in [4.78, 5) is 0. The second-order valence-corrected chi connectivity index (χ2v) is 7.32. The van der Waals surface area contributed by atoms with E-state index in [-0.39, 0.29) is 5.41 Å². The van der Waals surface area contributed by atoms with Crippen molar-refractivity contribution < 1.29 is 0 Å². The molecule has 2 heteroatoms. The highest BCUT2D eigenvalue weighted by Crippen LogP contribution is 2.36. The molecule has 0 saturated carbocycles. The summed E-state index contributed by atoms with van der Waals surface area (Å²) < 4.78 is 0. The zero-order valence-corrected chi connectivity index (χ0v) is 12.8. The molecule has 1 aromatic carbocycles. The average molecular weight is 258 g/mol. The molecule has 2 N–H and O–H groups in total. The van der Waals surface area contributed by atoms with Crippen molar-refractivity contribution >= 4 is 5.70 Å². The van der Waals surface area contributed by atoms with Crippen LogP contribution in [0.4, 0.5) is 0 Å². The molecule has 0 unspecified atom stereocenters. The van der Waals surface area contributed by atoms with Crippen molar-refractivity contribution in [2.45, 2.75) is 46.5 Å². The first-order valence-electron chi connectivity index (χ1n) is 7.08. The van der Waals surface area contributed by atoms with Crippen LogP contribution < -0.4 is 10.9 Å². The van der Waals surface area contributed by atoms with E-state index in [1.807, 2.05) is 0 Å². The van der Waals surface area contributed by atoms with Crippen molar-refractivity contribution in [1.82, 2.24) is 10.9 Å². The van der Waals surface area contributed by atoms with Crippen molar-refractivity contribution in [2.75, 3.05) is 6.54 Å². The lowest BCUT2D eigenvalue weighted by molar-refractivity contribution is 0.284. The van der Waals surface area contributed by atoms with Gasteiger partial charge in [-0.05, 0) is 34.5 Å². The van der Waals surface area contributed by atoms with Gasteiger partial charge in [-0.1, -0.05) is 58.9 Å². The fourth-order valence-corrected chi connectivity index (χ4v) is 3.07. The minimum absolute atomic E-state index is 0.215. The Morgan fingerprint density at radius 2 is 1.63 bits per heavy atom. The maximum atomic E-state index is 3.18. The summed E-state index contributed by atoms with van der Waals surface area (Å²) in [7, 11) is 0. The molecule has 0 radical (unpaired) electrons. The second kappa shape index (κ2) is 5.01. The zero-order valence-electron chi connectivity index (χ0n) is 12.8. The molecule has 1 aliphatic heterocycles. The Kier molecular flexibility index (Phi) is 3.73. The minimum Gasteiger partial charge on any atom is -0.321 e. The van der Waals surface area contributed by atoms with E-state index in [2.05, 4.69) is 75.8 Å². The lowest BCUT2D eigenvalue weighted by atomic mass is 9.72. The van der Waals surface area contributed by atoms with Gasteiger partial charge in [-0.15, -0.1) is 0 Å². The van der Waals surface area contributed by atoms with Crippen LogP contribution in [0.2, 0.25) is 0 Å². The Morgan fingerprint density at radius 1 is 1.00 bits per heavy atom. The van der Waals surface area contributed by atoms with E-state index < -0.39 is 0 Å². The summed E-state index contributed by atoms with van der Waals surface area (Å²) in [5.41, 5.74) is 10.7. The normalized spacial score (nSPS) is 16.2. The standard InChI is InChI=1S/C17H26N2/c1-16(2,3)12-17(4,5)14-8-6-13(7-9-14)15-10-11-18-19-15/h6-10,18-19H,11-12H2,1-5H3. The van der Waals surface area contributed by atoms with Gasteiger partial charge in [0, 0.05) is 6.54 Å². The molecule has 0 atom stereocenters. The first kappa shape index (κ1) is 14.1. The quantitative estimate of drug-likeness (QED) is 0.860. The summed E-state index contributed by atoms with van der Waals surface area (Å²) in [5.74, 6) is 0. The molecular weight excluding hydrogens is 232 g/mol. The van der Waals surface area contributed by atoms with Crippen molar-refractivity contribution in [1.29, 1.82) is 0 Å². The Bertz CT molecular complexity index is 461. The van der Waals surface area contributed by atoms with Crippen molar-refractivity contribution in [2.24, 2.45) is 5.41 Å². The molecule has 0 amide bonds. The third-order valence-electron chi connectivity index (χ3n) is 3.58. The van der Waals surface area contributed by atoms with Crippen LogP contribution in [-0.4, -0.2) is 6.54 Å². The Labute approximate surface area is 117 Å². The molecular formula is C17H26N2. The van der Waals surface area contributed by atoms with Crippen LogP contribution in [0.5, 0.6) is 0 Å². The first-order chi connectivity index (χ1) is 8.78. The van der Waals surface area contributed by atoms with Crippen molar-refractivity contribution in [3.63, 3.8) is 0 Å². The lowest BCUT2D eigenvalue weighted by Crippen LogP contribution is -2.25. The molecule has 0 bridgehead atoms. The Balaban J connectivity index is 2.17. The van der Waals surface area contributed by atoms with Gasteiger partial charge < -0.3 is 5.43 Å². The highest BCUT2D eigenvalue weighted by Gasteiger charge is 2.27. The fourth-order valence-electron chi connectivity index (χ4n) is 3.07. The molecule has 2 nitrogen and oxygen atoms in total. The van der Waals surface area contributed by atoms with Gasteiger partial charge in [-0.3, -0.25) is 0 Å². The van der Waals surface area contributed by atoms with Gasteiger partial charge in [0.25, 0.3) is 0 Å². The van der Waals surface area contributed by atoms with Gasteiger partial charge in [0.1, 0.15) is 0 Å². The smallest absolute Gasteiger partial charge is 0.0533 e. The molecule has 0 aromatic heterocycles. The van der Waals surface area contributed by atoms with E-state index >= 15 is 0 Å². The van der Waals surface area contributed by atoms with Crippen molar-refractivity contribution in [3.8, 4) is 0 Å². The summed E-state index contributed by atoms with van der Waals surface area (Å²) >= 11 is 0. The molecule has 104 valence electrons. The van der Waals surface area contributed by atoms with E-state index in [1.165, 1.54) is 23.2 Å². The fraction of sp³-hybridized carbons (Fsp3) is 0.529. The van der Waals surface area contributed by atoms with Crippen LogP contribution in [-0.2, 0) is 5.41 Å². The molecule has 0 spiro atoms. The predicted molar refractivity (Wildman–Crippen MR) is 82.7 cm³/mol. The molecule has 19 heavy (non-hydrogen) atoms. The van der Waals surface area contributed by atoms with E-state index in [4.69, 9.17) is 0 Å². The SMILES string of the molecule is CC(C)(C)CC(C)(C)c1ccc(C2=CCNN2)cc1. The first-order valence-corrected chi connectivity index (χ1v) is 7.08. The molecule has 0 saturated heterocycles. The molecule has 0 aliphatic carbocycles. The topological polar surface area (TPSA) is 24.1 Å². The molecule has 1 heterocycles. The van der Waals surface area contributed by atoms with Crippen molar-refractivity contribution in [3.05, 3.63) is 41.5 Å². The summed E-state index contributed by atoms with van der Waals surface area (Å²) in [6.07, 6.45) is 3.36. The largest absolute Gasteiger partial charge is 0.321 e. The van der Waals surface area contributed by atoms with Gasteiger partial charge in [0.2, 0.25) is 0 Å². The summed E-state index contributed by atoms with van der Waals surface area (Å²) in [5, 5.41) is 0. The second-order valence-electron chi connectivity index (χ2n) is 7.32. The Morgan fingerprint density at radius 3 is 2.11 bits per heavy atom. The maximum absolute atomic E-state index is 3.18. The summed E-state index contributed by atoms with van der Waals surface area (Å²) in [6.45, 7) is 12.5. The highest BCUT2D eigenvalue weighted by molar-refractivity contribution is 5.65. The summed E-state index contributed by atoms with van der Waals surface area (Å²) in [6, 6.07) is 8.96.